The molecule has 0 unspecified atom stereocenters. The zero-order valence-electron chi connectivity index (χ0n) is 15.3. The Hall–Kier alpha value is -2.44. The first-order chi connectivity index (χ1) is 11.7. The molecule has 7 nitrogen and oxygen atoms in total. The van der Waals surface area contributed by atoms with Crippen LogP contribution in [0.3, 0.4) is 0 Å². The Balaban J connectivity index is 1.83. The summed E-state index contributed by atoms with van der Waals surface area (Å²) in [7, 11) is 1.60. The second-order valence-electron chi connectivity index (χ2n) is 7.34. The van der Waals surface area contributed by atoms with Gasteiger partial charge < -0.3 is 14.8 Å². The lowest BCUT2D eigenvalue weighted by atomic mass is 9.74. The Kier molecular flexibility index (Phi) is 5.77. The van der Waals surface area contributed by atoms with Crippen molar-refractivity contribution in [2.75, 3.05) is 12.5 Å². The zero-order chi connectivity index (χ0) is 18.5. The van der Waals surface area contributed by atoms with E-state index in [1.807, 2.05) is 20.8 Å². The average Bonchev–Trinajstić information content (AvgIpc) is 2.49. The number of methoxy groups -OCH3 is 1. The molecular weight excluding hydrogens is 322 g/mol. The Morgan fingerprint density at radius 2 is 1.80 bits per heavy atom. The van der Waals surface area contributed by atoms with E-state index < -0.39 is 17.2 Å². The first-order valence-corrected chi connectivity index (χ1v) is 8.41. The van der Waals surface area contributed by atoms with E-state index in [0.717, 1.165) is 30.7 Å². The van der Waals surface area contributed by atoms with Crippen LogP contribution in [0, 0.1) is 0 Å². The van der Waals surface area contributed by atoms with Gasteiger partial charge in [-0.3, -0.25) is 15.6 Å². The van der Waals surface area contributed by atoms with Crippen LogP contribution in [0.5, 0.6) is 5.75 Å². The van der Waals surface area contributed by atoms with Crippen molar-refractivity contribution in [2.24, 2.45) is 0 Å². The van der Waals surface area contributed by atoms with Gasteiger partial charge in [-0.05, 0) is 64.3 Å². The summed E-state index contributed by atoms with van der Waals surface area (Å²) in [5.74, 6) is 0.554. The van der Waals surface area contributed by atoms with Crippen LogP contribution >= 0.6 is 0 Å². The van der Waals surface area contributed by atoms with Crippen molar-refractivity contribution in [3.05, 3.63) is 24.3 Å². The fraction of sp³-hybridized carbons (Fsp3) is 0.556. The van der Waals surface area contributed by atoms with E-state index >= 15 is 0 Å². The summed E-state index contributed by atoms with van der Waals surface area (Å²) >= 11 is 0. The Morgan fingerprint density at radius 1 is 1.16 bits per heavy atom. The third-order valence-electron chi connectivity index (χ3n) is 4.01. The van der Waals surface area contributed by atoms with Crippen molar-refractivity contribution in [1.29, 1.82) is 0 Å². The number of carbonyl (C=O) groups excluding carboxylic acids is 2. The van der Waals surface area contributed by atoms with E-state index in [0.29, 0.717) is 0 Å². The number of anilines is 1. The van der Waals surface area contributed by atoms with Gasteiger partial charge in [0.25, 0.3) is 0 Å². The molecule has 0 spiro atoms. The van der Waals surface area contributed by atoms with Gasteiger partial charge in [0, 0.05) is 0 Å². The summed E-state index contributed by atoms with van der Waals surface area (Å²) in [6, 6.07) is 7.20. The van der Waals surface area contributed by atoms with Crippen LogP contribution in [-0.4, -0.2) is 30.3 Å². The predicted molar refractivity (Wildman–Crippen MR) is 95.3 cm³/mol. The molecule has 0 saturated heterocycles. The molecule has 1 aliphatic rings. The highest BCUT2D eigenvalue weighted by atomic mass is 16.6. The van der Waals surface area contributed by atoms with Gasteiger partial charge in [-0.15, -0.1) is 0 Å². The molecule has 1 fully saturated rings. The zero-order valence-corrected chi connectivity index (χ0v) is 15.3. The number of benzene rings is 1. The third-order valence-corrected chi connectivity index (χ3v) is 4.01. The standard InChI is InChI=1S/C18H27N3O4/c1-17(2,3)25-16(23)19-18(10-5-11-18)12-15(22)21-20-13-6-8-14(24-4)9-7-13/h6-9,20H,5,10-12H2,1-4H3,(H,19,23)(H,21,22). The van der Waals surface area contributed by atoms with Crippen LogP contribution in [-0.2, 0) is 9.53 Å². The highest BCUT2D eigenvalue weighted by molar-refractivity contribution is 5.80. The normalized spacial score (nSPS) is 15.5. The summed E-state index contributed by atoms with van der Waals surface area (Å²) in [6.45, 7) is 5.43. The lowest BCUT2D eigenvalue weighted by molar-refractivity contribution is -0.122. The van der Waals surface area contributed by atoms with Gasteiger partial charge in [0.1, 0.15) is 11.4 Å². The smallest absolute Gasteiger partial charge is 0.408 e. The number of ether oxygens (including phenoxy) is 2. The second-order valence-corrected chi connectivity index (χ2v) is 7.34. The van der Waals surface area contributed by atoms with Gasteiger partial charge in [0.15, 0.2) is 0 Å². The average molecular weight is 349 g/mol. The molecule has 7 heteroatoms. The molecule has 0 bridgehead atoms. The molecule has 3 N–H and O–H groups in total. The minimum Gasteiger partial charge on any atom is -0.497 e. The molecule has 0 heterocycles. The Bertz CT molecular complexity index is 604. The second kappa shape index (κ2) is 7.63. The van der Waals surface area contributed by atoms with E-state index in [-0.39, 0.29) is 12.3 Å². The maximum Gasteiger partial charge on any atom is 0.408 e. The molecule has 0 aliphatic heterocycles. The molecule has 2 rings (SSSR count). The number of amides is 2. The van der Waals surface area contributed by atoms with Gasteiger partial charge in [0.05, 0.1) is 24.8 Å². The SMILES string of the molecule is COc1ccc(NNC(=O)CC2(NC(=O)OC(C)(C)C)CCC2)cc1. The van der Waals surface area contributed by atoms with Gasteiger partial charge in [-0.25, -0.2) is 4.79 Å². The molecule has 138 valence electrons. The lowest BCUT2D eigenvalue weighted by Gasteiger charge is -2.42. The largest absolute Gasteiger partial charge is 0.497 e. The number of hydrogen-bond donors (Lipinski definition) is 3. The maximum atomic E-state index is 12.2. The molecular formula is C18H27N3O4. The molecule has 2 amide bonds. The van der Waals surface area contributed by atoms with E-state index in [2.05, 4.69) is 16.2 Å². The van der Waals surface area contributed by atoms with Crippen LogP contribution in [0.15, 0.2) is 24.3 Å². The topological polar surface area (TPSA) is 88.7 Å². The number of nitrogens with one attached hydrogen (secondary N) is 3. The summed E-state index contributed by atoms with van der Waals surface area (Å²) in [5, 5.41) is 2.86. The molecule has 1 aromatic rings. The Morgan fingerprint density at radius 3 is 2.28 bits per heavy atom. The molecule has 0 aromatic heterocycles. The minimum atomic E-state index is -0.562. The number of alkyl carbamates (subject to hydrolysis) is 1. The summed E-state index contributed by atoms with van der Waals surface area (Å²) in [5.41, 5.74) is 5.18. The monoisotopic (exact) mass is 349 g/mol. The van der Waals surface area contributed by atoms with Gasteiger partial charge in [-0.2, -0.15) is 0 Å². The van der Waals surface area contributed by atoms with Crippen molar-refractivity contribution >= 4 is 17.7 Å². The third kappa shape index (κ3) is 5.85. The van der Waals surface area contributed by atoms with Crippen LogP contribution in [0.4, 0.5) is 10.5 Å². The summed E-state index contributed by atoms with van der Waals surface area (Å²) < 4.78 is 10.4. The van der Waals surface area contributed by atoms with Crippen LogP contribution in [0.1, 0.15) is 46.5 Å². The minimum absolute atomic E-state index is 0.188. The highest BCUT2D eigenvalue weighted by Crippen LogP contribution is 2.35. The quantitative estimate of drug-likeness (QED) is 0.687. The van der Waals surface area contributed by atoms with Crippen molar-refractivity contribution < 1.29 is 19.1 Å². The molecule has 0 atom stereocenters. The van der Waals surface area contributed by atoms with Gasteiger partial charge in [-0.1, -0.05) is 0 Å². The van der Waals surface area contributed by atoms with E-state index in [1.54, 1.807) is 31.4 Å². The first kappa shape index (κ1) is 18.9. The molecule has 1 aromatic carbocycles. The summed E-state index contributed by atoms with van der Waals surface area (Å²) in [6.07, 6.45) is 2.23. The number of hydrogen-bond acceptors (Lipinski definition) is 5. The van der Waals surface area contributed by atoms with E-state index in [1.165, 1.54) is 0 Å². The predicted octanol–water partition coefficient (Wildman–Crippen LogP) is 2.98. The van der Waals surface area contributed by atoms with Crippen molar-refractivity contribution in [1.82, 2.24) is 10.7 Å². The lowest BCUT2D eigenvalue weighted by Crippen LogP contribution is -2.56. The molecule has 0 radical (unpaired) electrons. The van der Waals surface area contributed by atoms with Crippen LogP contribution in [0.25, 0.3) is 0 Å². The number of hydrazine groups is 1. The van der Waals surface area contributed by atoms with Crippen LogP contribution < -0.4 is 20.9 Å². The van der Waals surface area contributed by atoms with Crippen molar-refractivity contribution in [2.45, 2.75) is 57.6 Å². The van der Waals surface area contributed by atoms with Gasteiger partial charge in [0.2, 0.25) is 5.91 Å². The van der Waals surface area contributed by atoms with E-state index in [9.17, 15) is 9.59 Å². The van der Waals surface area contributed by atoms with Crippen molar-refractivity contribution in [3.8, 4) is 5.75 Å². The van der Waals surface area contributed by atoms with Crippen molar-refractivity contribution in [3.63, 3.8) is 0 Å². The van der Waals surface area contributed by atoms with Gasteiger partial charge >= 0.3 is 6.09 Å². The highest BCUT2D eigenvalue weighted by Gasteiger charge is 2.41. The number of rotatable bonds is 6. The summed E-state index contributed by atoms with van der Waals surface area (Å²) in [4.78, 5) is 24.2. The van der Waals surface area contributed by atoms with Crippen LogP contribution in [0.2, 0.25) is 0 Å². The Labute approximate surface area is 148 Å². The molecule has 25 heavy (non-hydrogen) atoms. The maximum absolute atomic E-state index is 12.2. The first-order valence-electron chi connectivity index (χ1n) is 8.41. The number of carbonyl (C=O) groups is 2. The fourth-order valence-corrected chi connectivity index (χ4v) is 2.64. The molecule has 1 aliphatic carbocycles. The van der Waals surface area contributed by atoms with E-state index in [4.69, 9.17) is 9.47 Å². The fourth-order valence-electron chi connectivity index (χ4n) is 2.64. The molecule has 1 saturated carbocycles.